The zero-order valence-corrected chi connectivity index (χ0v) is 9.63. The number of rotatable bonds is 3. The van der Waals surface area contributed by atoms with Gasteiger partial charge >= 0.3 is 0 Å². The Morgan fingerprint density at radius 2 is 2.38 bits per heavy atom. The average molecular weight is 223 g/mol. The molecule has 0 spiro atoms. The number of aryl methyl sites for hydroxylation is 1. The molecule has 2 rings (SSSR count). The van der Waals surface area contributed by atoms with Crippen molar-refractivity contribution in [3.8, 4) is 0 Å². The van der Waals surface area contributed by atoms with Gasteiger partial charge in [-0.15, -0.1) is 0 Å². The molecule has 0 bridgehead atoms. The molecule has 88 valence electrons. The van der Waals surface area contributed by atoms with Crippen molar-refractivity contribution in [2.75, 3.05) is 13.1 Å². The van der Waals surface area contributed by atoms with Crippen molar-refractivity contribution in [1.82, 2.24) is 5.32 Å². The van der Waals surface area contributed by atoms with E-state index in [1.807, 2.05) is 13.0 Å². The summed E-state index contributed by atoms with van der Waals surface area (Å²) in [5.74, 6) is -0.163. The lowest BCUT2D eigenvalue weighted by atomic mass is 10.1. The van der Waals surface area contributed by atoms with E-state index in [0.29, 0.717) is 12.2 Å². The van der Waals surface area contributed by atoms with Gasteiger partial charge in [0.15, 0.2) is 0 Å². The Morgan fingerprint density at radius 1 is 1.50 bits per heavy atom. The number of halogens is 1. The predicted molar refractivity (Wildman–Crippen MR) is 61.8 cm³/mol. The Bertz CT molecular complexity index is 348. The van der Waals surface area contributed by atoms with Gasteiger partial charge < -0.3 is 10.1 Å². The Kier molecular flexibility index (Phi) is 3.91. The highest BCUT2D eigenvalue weighted by Gasteiger charge is 2.13. The molecule has 0 aromatic heterocycles. The second-order valence-electron chi connectivity index (χ2n) is 4.37. The third-order valence-electron chi connectivity index (χ3n) is 2.93. The van der Waals surface area contributed by atoms with Gasteiger partial charge in [0.25, 0.3) is 0 Å². The molecule has 1 fully saturated rings. The largest absolute Gasteiger partial charge is 0.372 e. The fourth-order valence-corrected chi connectivity index (χ4v) is 1.94. The molecule has 1 saturated heterocycles. The molecule has 1 unspecified atom stereocenters. The molecule has 1 heterocycles. The van der Waals surface area contributed by atoms with Crippen LogP contribution in [0.4, 0.5) is 4.39 Å². The van der Waals surface area contributed by atoms with Gasteiger partial charge in [0.2, 0.25) is 0 Å². The third-order valence-corrected chi connectivity index (χ3v) is 2.93. The highest BCUT2D eigenvalue weighted by Crippen LogP contribution is 2.14. The van der Waals surface area contributed by atoms with Crippen molar-refractivity contribution in [1.29, 1.82) is 0 Å². The number of hydrogen-bond donors (Lipinski definition) is 1. The first-order chi connectivity index (χ1) is 7.75. The molecule has 1 aromatic carbocycles. The SMILES string of the molecule is Cc1ccc(COC2CCCNC2)c(F)c1. The quantitative estimate of drug-likeness (QED) is 0.849. The van der Waals surface area contributed by atoms with E-state index in [1.165, 1.54) is 0 Å². The molecule has 1 N–H and O–H groups in total. The molecule has 1 aromatic rings. The highest BCUT2D eigenvalue weighted by molar-refractivity contribution is 5.22. The van der Waals surface area contributed by atoms with Crippen molar-refractivity contribution in [3.05, 3.63) is 35.1 Å². The van der Waals surface area contributed by atoms with E-state index in [4.69, 9.17) is 4.74 Å². The van der Waals surface area contributed by atoms with Crippen LogP contribution in [0.2, 0.25) is 0 Å². The molecule has 2 nitrogen and oxygen atoms in total. The zero-order valence-electron chi connectivity index (χ0n) is 9.63. The van der Waals surface area contributed by atoms with Gasteiger partial charge in [-0.1, -0.05) is 12.1 Å². The van der Waals surface area contributed by atoms with Crippen molar-refractivity contribution < 1.29 is 9.13 Å². The van der Waals surface area contributed by atoms with Crippen molar-refractivity contribution >= 4 is 0 Å². The van der Waals surface area contributed by atoms with Crippen LogP contribution in [-0.2, 0) is 11.3 Å². The van der Waals surface area contributed by atoms with Gasteiger partial charge in [-0.05, 0) is 37.9 Å². The summed E-state index contributed by atoms with van der Waals surface area (Å²) in [6.45, 7) is 4.21. The van der Waals surface area contributed by atoms with Crippen LogP contribution >= 0.6 is 0 Å². The van der Waals surface area contributed by atoms with Gasteiger partial charge in [-0.3, -0.25) is 0 Å². The van der Waals surface area contributed by atoms with Gasteiger partial charge in [-0.2, -0.15) is 0 Å². The van der Waals surface area contributed by atoms with E-state index in [9.17, 15) is 4.39 Å². The van der Waals surface area contributed by atoms with E-state index in [-0.39, 0.29) is 11.9 Å². The van der Waals surface area contributed by atoms with Crippen molar-refractivity contribution in [2.45, 2.75) is 32.5 Å². The van der Waals surface area contributed by atoms with Crippen LogP contribution in [0.1, 0.15) is 24.0 Å². The maximum Gasteiger partial charge on any atom is 0.128 e. The van der Waals surface area contributed by atoms with Crippen LogP contribution in [0.5, 0.6) is 0 Å². The first-order valence-corrected chi connectivity index (χ1v) is 5.83. The standard InChI is InChI=1S/C13H18FNO/c1-10-4-5-11(13(14)7-10)9-16-12-3-2-6-15-8-12/h4-5,7,12,15H,2-3,6,8-9H2,1H3. The van der Waals surface area contributed by atoms with Gasteiger partial charge in [0, 0.05) is 12.1 Å². The molecule has 0 aliphatic carbocycles. The van der Waals surface area contributed by atoms with Crippen molar-refractivity contribution in [3.63, 3.8) is 0 Å². The van der Waals surface area contributed by atoms with Gasteiger partial charge in [0.05, 0.1) is 12.7 Å². The molecule has 1 atom stereocenters. The normalized spacial score (nSPS) is 21.0. The average Bonchev–Trinajstić information content (AvgIpc) is 2.29. The number of nitrogens with one attached hydrogen (secondary N) is 1. The van der Waals surface area contributed by atoms with E-state index in [0.717, 1.165) is 31.5 Å². The van der Waals surface area contributed by atoms with E-state index in [1.54, 1.807) is 12.1 Å². The molecular weight excluding hydrogens is 205 g/mol. The topological polar surface area (TPSA) is 21.3 Å². The second-order valence-corrected chi connectivity index (χ2v) is 4.37. The predicted octanol–water partition coefficient (Wildman–Crippen LogP) is 2.40. The first kappa shape index (κ1) is 11.6. The summed E-state index contributed by atoms with van der Waals surface area (Å²) in [5.41, 5.74) is 1.59. The molecule has 16 heavy (non-hydrogen) atoms. The Morgan fingerprint density at radius 3 is 3.06 bits per heavy atom. The minimum atomic E-state index is -0.163. The number of ether oxygens (including phenoxy) is 1. The Balaban J connectivity index is 1.88. The van der Waals surface area contributed by atoms with Gasteiger partial charge in [-0.25, -0.2) is 4.39 Å². The monoisotopic (exact) mass is 223 g/mol. The van der Waals surface area contributed by atoms with Crippen molar-refractivity contribution in [2.24, 2.45) is 0 Å². The van der Waals surface area contributed by atoms with Crippen LogP contribution in [0.15, 0.2) is 18.2 Å². The minimum absolute atomic E-state index is 0.163. The maximum atomic E-state index is 13.5. The third kappa shape index (κ3) is 3.03. The molecule has 1 aliphatic rings. The van der Waals surface area contributed by atoms with E-state index >= 15 is 0 Å². The minimum Gasteiger partial charge on any atom is -0.372 e. The fourth-order valence-electron chi connectivity index (χ4n) is 1.94. The lowest BCUT2D eigenvalue weighted by Gasteiger charge is -2.23. The fraction of sp³-hybridized carbons (Fsp3) is 0.538. The number of benzene rings is 1. The molecule has 0 amide bonds. The molecule has 0 saturated carbocycles. The highest BCUT2D eigenvalue weighted by atomic mass is 19.1. The van der Waals surface area contributed by atoms with E-state index < -0.39 is 0 Å². The summed E-state index contributed by atoms with van der Waals surface area (Å²) in [4.78, 5) is 0. The lowest BCUT2D eigenvalue weighted by molar-refractivity contribution is 0.0239. The maximum absolute atomic E-state index is 13.5. The van der Waals surface area contributed by atoms with Crippen LogP contribution in [0.25, 0.3) is 0 Å². The summed E-state index contributed by atoms with van der Waals surface area (Å²) in [5, 5.41) is 3.28. The lowest BCUT2D eigenvalue weighted by Crippen LogP contribution is -2.35. The second kappa shape index (κ2) is 5.41. The van der Waals surface area contributed by atoms with Crippen LogP contribution in [0, 0.1) is 12.7 Å². The smallest absolute Gasteiger partial charge is 0.128 e. The first-order valence-electron chi connectivity index (χ1n) is 5.83. The summed E-state index contributed by atoms with van der Waals surface area (Å²) in [6, 6.07) is 5.28. The summed E-state index contributed by atoms with van der Waals surface area (Å²) in [7, 11) is 0. The van der Waals surface area contributed by atoms with E-state index in [2.05, 4.69) is 5.32 Å². The van der Waals surface area contributed by atoms with Gasteiger partial charge in [0.1, 0.15) is 5.82 Å². The Labute approximate surface area is 95.8 Å². The van der Waals surface area contributed by atoms with Crippen LogP contribution < -0.4 is 5.32 Å². The summed E-state index contributed by atoms with van der Waals surface area (Å²) < 4.78 is 19.2. The summed E-state index contributed by atoms with van der Waals surface area (Å²) in [6.07, 6.45) is 2.44. The molecule has 0 radical (unpaired) electrons. The number of piperidine rings is 1. The van der Waals surface area contributed by atoms with Crippen LogP contribution in [0.3, 0.4) is 0 Å². The zero-order chi connectivity index (χ0) is 11.4. The summed E-state index contributed by atoms with van der Waals surface area (Å²) >= 11 is 0. The van der Waals surface area contributed by atoms with Crippen LogP contribution in [-0.4, -0.2) is 19.2 Å². The Hall–Kier alpha value is -0.930. The molecule has 1 aliphatic heterocycles. The molecular formula is C13H18FNO. The molecule has 3 heteroatoms. The number of hydrogen-bond acceptors (Lipinski definition) is 2.